The zero-order chi connectivity index (χ0) is 21.1. The van der Waals surface area contributed by atoms with E-state index in [1.165, 1.54) is 0 Å². The third-order valence-corrected chi connectivity index (χ3v) is 7.63. The first-order valence-electron chi connectivity index (χ1n) is 9.98. The smallest absolute Gasteiger partial charge is 0.360 e. The fraction of sp³-hybridized carbons (Fsp3) is 0.429. The number of hydrogen-bond acceptors (Lipinski definition) is 4. The molecule has 0 radical (unpaired) electrons. The second-order valence-corrected chi connectivity index (χ2v) is 10.7. The van der Waals surface area contributed by atoms with E-state index < -0.39 is 19.7 Å². The monoisotopic (exact) mass is 433 g/mol. The fourth-order valence-corrected chi connectivity index (χ4v) is 5.53. The number of halogens is 3. The van der Waals surface area contributed by atoms with E-state index in [-0.39, 0.29) is 23.1 Å². The Bertz CT molecular complexity index is 1100. The Balaban J connectivity index is 1.58. The first-order chi connectivity index (χ1) is 14.3. The summed E-state index contributed by atoms with van der Waals surface area (Å²) in [5, 5.41) is 8.51. The van der Waals surface area contributed by atoms with Gasteiger partial charge in [0, 0.05) is 41.3 Å². The summed E-state index contributed by atoms with van der Waals surface area (Å²) >= 11 is 0. The molecule has 9 heteroatoms. The number of hydrogen-bond donors (Lipinski definition) is 3. The van der Waals surface area contributed by atoms with Crippen LogP contribution in [-0.2, 0) is 6.18 Å². The number of aromatic nitrogens is 3. The molecule has 2 fully saturated rings. The molecule has 30 heavy (non-hydrogen) atoms. The Morgan fingerprint density at radius 3 is 2.80 bits per heavy atom. The molecule has 5 rings (SSSR count). The Labute approximate surface area is 173 Å². The van der Waals surface area contributed by atoms with Crippen LogP contribution in [0.25, 0.3) is 22.2 Å². The van der Waals surface area contributed by atoms with Gasteiger partial charge in [0.15, 0.2) is 0 Å². The van der Waals surface area contributed by atoms with E-state index in [1.54, 1.807) is 6.20 Å². The predicted octanol–water partition coefficient (Wildman–Crippen LogP) is 4.17. The quantitative estimate of drug-likeness (QED) is 0.541. The van der Waals surface area contributed by atoms with Crippen molar-refractivity contribution >= 4 is 30.1 Å². The minimum Gasteiger partial charge on any atom is -0.360 e. The van der Waals surface area contributed by atoms with Crippen molar-refractivity contribution in [3.8, 4) is 11.3 Å². The van der Waals surface area contributed by atoms with Gasteiger partial charge in [-0.05, 0) is 38.0 Å². The molecule has 3 N–H and O–H groups in total. The van der Waals surface area contributed by atoms with E-state index in [4.69, 9.17) is 0 Å². The molecule has 2 atom stereocenters. The molecule has 3 aromatic rings. The molecule has 158 valence electrons. The first kappa shape index (κ1) is 19.8. The van der Waals surface area contributed by atoms with E-state index >= 15 is 0 Å². The molecule has 2 unspecified atom stereocenters. The predicted molar refractivity (Wildman–Crippen MR) is 115 cm³/mol. The van der Waals surface area contributed by atoms with Gasteiger partial charge in [0.05, 0.1) is 11.2 Å². The fourth-order valence-electron chi connectivity index (χ4n) is 4.51. The molecule has 1 saturated carbocycles. The number of anilines is 1. The Morgan fingerprint density at radius 2 is 2.10 bits per heavy atom. The van der Waals surface area contributed by atoms with Crippen molar-refractivity contribution < 1.29 is 13.2 Å². The van der Waals surface area contributed by atoms with Crippen molar-refractivity contribution in [2.24, 2.45) is 5.41 Å². The molecule has 2 aromatic heterocycles. The topological polar surface area (TPSA) is 65.6 Å². The van der Waals surface area contributed by atoms with Crippen molar-refractivity contribution in [3.63, 3.8) is 0 Å². The highest BCUT2D eigenvalue weighted by Gasteiger charge is 2.55. The lowest BCUT2D eigenvalue weighted by atomic mass is 10.1. The van der Waals surface area contributed by atoms with Crippen LogP contribution in [-0.4, -0.2) is 47.4 Å². The summed E-state index contributed by atoms with van der Waals surface area (Å²) in [5.41, 5.74) is 0.626. The molecule has 1 saturated heterocycles. The molecule has 1 aliphatic heterocycles. The average molecular weight is 433 g/mol. The van der Waals surface area contributed by atoms with E-state index in [0.717, 1.165) is 48.3 Å². The van der Waals surface area contributed by atoms with Crippen LogP contribution in [0.4, 0.5) is 19.1 Å². The highest BCUT2D eigenvalue weighted by atomic mass is 31.1. The van der Waals surface area contributed by atoms with Crippen LogP contribution in [0.5, 0.6) is 0 Å². The number of benzene rings is 1. The first-order valence-corrected chi connectivity index (χ1v) is 12.2. The second-order valence-electron chi connectivity index (χ2n) is 8.44. The van der Waals surface area contributed by atoms with Crippen molar-refractivity contribution in [3.05, 3.63) is 36.2 Å². The molecule has 0 bridgehead atoms. The molecule has 1 aromatic carbocycles. The standard InChI is InChI=1S/C21H23F3N5P/c1-30(2)15-5-3-4-12-13(9-26-18(12)15)17-14(21(22,23)24)10-27-19(29-17)28-16-8-20(16)6-7-25-11-20/h3-5,9-10,16,25-26H,6-8,11H2,1-2H3,(H,27,28,29). The normalized spacial score (nSPS) is 23.6. The lowest BCUT2D eigenvalue weighted by Crippen LogP contribution is -2.19. The van der Waals surface area contributed by atoms with Gasteiger partial charge < -0.3 is 15.6 Å². The Morgan fingerprint density at radius 1 is 1.27 bits per heavy atom. The summed E-state index contributed by atoms with van der Waals surface area (Å²) in [6, 6.07) is 5.97. The van der Waals surface area contributed by atoms with Gasteiger partial charge in [-0.3, -0.25) is 0 Å². The maximum Gasteiger partial charge on any atom is 0.419 e. The summed E-state index contributed by atoms with van der Waals surface area (Å²) < 4.78 is 41.3. The van der Waals surface area contributed by atoms with Gasteiger partial charge >= 0.3 is 6.18 Å². The van der Waals surface area contributed by atoms with Gasteiger partial charge in [0.25, 0.3) is 0 Å². The number of aromatic amines is 1. The van der Waals surface area contributed by atoms with Crippen LogP contribution >= 0.6 is 7.92 Å². The van der Waals surface area contributed by atoms with Gasteiger partial charge in [-0.15, -0.1) is 0 Å². The minimum atomic E-state index is -4.53. The molecule has 5 nitrogen and oxygen atoms in total. The molecule has 1 spiro atoms. The molecular formula is C21H23F3N5P. The van der Waals surface area contributed by atoms with E-state index in [2.05, 4.69) is 38.9 Å². The van der Waals surface area contributed by atoms with E-state index in [1.807, 2.05) is 18.2 Å². The minimum absolute atomic E-state index is 0.0841. The summed E-state index contributed by atoms with van der Waals surface area (Å²) in [6.45, 7) is 6.16. The highest BCUT2D eigenvalue weighted by molar-refractivity contribution is 7.64. The zero-order valence-corrected chi connectivity index (χ0v) is 17.7. The van der Waals surface area contributed by atoms with Crippen LogP contribution in [0.3, 0.4) is 0 Å². The van der Waals surface area contributed by atoms with Crippen LogP contribution in [0.2, 0.25) is 0 Å². The van der Waals surface area contributed by atoms with Crippen molar-refractivity contribution in [2.45, 2.75) is 25.1 Å². The maximum absolute atomic E-state index is 13.8. The van der Waals surface area contributed by atoms with Crippen molar-refractivity contribution in [1.29, 1.82) is 0 Å². The number of nitrogens with one attached hydrogen (secondary N) is 3. The SMILES string of the molecule is CP(C)c1cccc2c(-c3nc(NC4CC45CCNC5)ncc3C(F)(F)F)c[nH]c12. The van der Waals surface area contributed by atoms with Gasteiger partial charge in [0.2, 0.25) is 5.95 Å². The summed E-state index contributed by atoms with van der Waals surface area (Å²) in [7, 11) is -0.404. The van der Waals surface area contributed by atoms with E-state index in [9.17, 15) is 13.2 Å². The molecule has 0 amide bonds. The molecule has 1 aliphatic carbocycles. The summed E-state index contributed by atoms with van der Waals surface area (Å²) in [4.78, 5) is 11.6. The van der Waals surface area contributed by atoms with Crippen molar-refractivity contribution in [2.75, 3.05) is 31.7 Å². The summed E-state index contributed by atoms with van der Waals surface area (Å²) in [5.74, 6) is 0.255. The van der Waals surface area contributed by atoms with Crippen LogP contribution in [0.1, 0.15) is 18.4 Å². The third kappa shape index (κ3) is 3.26. The lowest BCUT2D eigenvalue weighted by molar-refractivity contribution is -0.137. The number of fused-ring (bicyclic) bond motifs is 1. The van der Waals surface area contributed by atoms with E-state index in [0.29, 0.717) is 5.56 Å². The number of para-hydroxylation sites is 1. The molecule has 2 aliphatic rings. The number of nitrogens with zero attached hydrogens (tertiary/aromatic N) is 2. The average Bonchev–Trinajstić information content (AvgIpc) is 3.04. The highest BCUT2D eigenvalue weighted by Crippen LogP contribution is 2.52. The summed E-state index contributed by atoms with van der Waals surface area (Å²) in [6.07, 6.45) is 0.0657. The number of alkyl halides is 3. The zero-order valence-electron chi connectivity index (χ0n) is 16.8. The third-order valence-electron chi connectivity index (χ3n) is 6.29. The van der Waals surface area contributed by atoms with Gasteiger partial charge in [0.1, 0.15) is 5.56 Å². The Kier molecular flexibility index (Phi) is 4.56. The van der Waals surface area contributed by atoms with Crippen LogP contribution in [0.15, 0.2) is 30.6 Å². The van der Waals surface area contributed by atoms with Gasteiger partial charge in [-0.2, -0.15) is 13.2 Å². The van der Waals surface area contributed by atoms with Gasteiger partial charge in [-0.1, -0.05) is 26.1 Å². The number of H-pyrrole nitrogens is 1. The largest absolute Gasteiger partial charge is 0.419 e. The van der Waals surface area contributed by atoms with Crippen LogP contribution in [0, 0.1) is 5.41 Å². The maximum atomic E-state index is 13.8. The lowest BCUT2D eigenvalue weighted by Gasteiger charge is -2.14. The van der Waals surface area contributed by atoms with Crippen molar-refractivity contribution in [1.82, 2.24) is 20.3 Å². The van der Waals surface area contributed by atoms with Crippen LogP contribution < -0.4 is 15.9 Å². The number of rotatable bonds is 4. The second kappa shape index (κ2) is 6.92. The molecule has 3 heterocycles. The Hall–Kier alpha value is -2.18. The molecular weight excluding hydrogens is 410 g/mol. The van der Waals surface area contributed by atoms with Gasteiger partial charge in [-0.25, -0.2) is 9.97 Å².